The van der Waals surface area contributed by atoms with E-state index in [1.165, 1.54) is 12.1 Å². The van der Waals surface area contributed by atoms with Crippen LogP contribution in [-0.2, 0) is 0 Å². The zero-order valence-electron chi connectivity index (χ0n) is 8.30. The van der Waals surface area contributed by atoms with Crippen molar-refractivity contribution in [1.29, 1.82) is 0 Å². The Balaban J connectivity index is 2.75. The first kappa shape index (κ1) is 9.60. The Labute approximate surface area is 85.8 Å². The Morgan fingerprint density at radius 1 is 1.40 bits per heavy atom. The van der Waals surface area contributed by atoms with Gasteiger partial charge < -0.3 is 5.11 Å². The molecule has 6 heteroatoms. The van der Waals surface area contributed by atoms with Gasteiger partial charge in [0.25, 0.3) is 0 Å². The number of nitro groups is 1. The number of hydrogen-bond donors (Lipinski definition) is 0. The van der Waals surface area contributed by atoms with Gasteiger partial charge >= 0.3 is 5.69 Å². The van der Waals surface area contributed by atoms with Gasteiger partial charge in [-0.1, -0.05) is 11.2 Å². The SMILES string of the molecule is C[N+]1(C)N=C([O-])c2cccc([N+](=O)[O-])c21. The monoisotopic (exact) mass is 207 g/mol. The van der Waals surface area contributed by atoms with Gasteiger partial charge in [0.2, 0.25) is 5.69 Å². The molecule has 2 rings (SSSR count). The lowest BCUT2D eigenvalue weighted by atomic mass is 10.1. The summed E-state index contributed by atoms with van der Waals surface area (Å²) >= 11 is 0. The molecule has 0 aliphatic carbocycles. The van der Waals surface area contributed by atoms with Crippen molar-refractivity contribution in [3.05, 3.63) is 33.9 Å². The molecule has 1 aromatic rings. The summed E-state index contributed by atoms with van der Waals surface area (Å²) in [7, 11) is 3.27. The summed E-state index contributed by atoms with van der Waals surface area (Å²) in [5.74, 6) is -0.404. The maximum atomic E-state index is 11.5. The van der Waals surface area contributed by atoms with E-state index in [1.54, 1.807) is 20.2 Å². The molecular weight excluding hydrogens is 198 g/mol. The lowest BCUT2D eigenvalue weighted by Crippen LogP contribution is -2.32. The zero-order chi connectivity index (χ0) is 11.2. The van der Waals surface area contributed by atoms with Crippen LogP contribution >= 0.6 is 0 Å². The molecule has 0 radical (unpaired) electrons. The Kier molecular flexibility index (Phi) is 1.77. The van der Waals surface area contributed by atoms with Crippen molar-refractivity contribution in [1.82, 2.24) is 4.59 Å². The fourth-order valence-electron chi connectivity index (χ4n) is 1.76. The van der Waals surface area contributed by atoms with Gasteiger partial charge in [-0.15, -0.1) is 0 Å². The van der Waals surface area contributed by atoms with Crippen LogP contribution in [0.5, 0.6) is 0 Å². The van der Waals surface area contributed by atoms with Crippen molar-refractivity contribution >= 4 is 17.3 Å². The molecule has 0 bridgehead atoms. The van der Waals surface area contributed by atoms with E-state index in [-0.39, 0.29) is 10.3 Å². The molecule has 0 amide bonds. The number of rotatable bonds is 1. The second kappa shape index (κ2) is 2.77. The molecule has 1 aromatic carbocycles. The Morgan fingerprint density at radius 3 is 2.67 bits per heavy atom. The van der Waals surface area contributed by atoms with Crippen LogP contribution in [0.25, 0.3) is 0 Å². The van der Waals surface area contributed by atoms with Gasteiger partial charge in [0.05, 0.1) is 30.5 Å². The van der Waals surface area contributed by atoms with Crippen LogP contribution in [0.2, 0.25) is 0 Å². The van der Waals surface area contributed by atoms with Crippen molar-refractivity contribution in [3.8, 4) is 0 Å². The van der Waals surface area contributed by atoms with Crippen LogP contribution in [-0.4, -0.2) is 24.9 Å². The van der Waals surface area contributed by atoms with Crippen LogP contribution in [0.3, 0.4) is 0 Å². The van der Waals surface area contributed by atoms with Gasteiger partial charge in [-0.05, 0) is 6.07 Å². The minimum absolute atomic E-state index is 0.0629. The third kappa shape index (κ3) is 1.26. The molecule has 0 aromatic heterocycles. The average molecular weight is 207 g/mol. The van der Waals surface area contributed by atoms with Crippen LogP contribution in [0, 0.1) is 10.1 Å². The van der Waals surface area contributed by atoms with Crippen molar-refractivity contribution in [3.63, 3.8) is 0 Å². The minimum atomic E-state index is -0.493. The first-order valence-electron chi connectivity index (χ1n) is 4.33. The maximum absolute atomic E-state index is 11.5. The maximum Gasteiger partial charge on any atom is 0.332 e. The number of quaternary nitrogens is 1. The zero-order valence-corrected chi connectivity index (χ0v) is 8.30. The van der Waals surface area contributed by atoms with Gasteiger partial charge in [0.1, 0.15) is 0 Å². The molecule has 0 unspecified atom stereocenters. The standard InChI is InChI=1S/C9H9N3O3/c1-12(2)8-6(9(13)10-12)4-3-5-7(8)11(14)15/h3-5H,1-2H3. The van der Waals surface area contributed by atoms with Gasteiger partial charge in [0, 0.05) is 6.07 Å². The van der Waals surface area contributed by atoms with Crippen LogP contribution < -0.4 is 9.70 Å². The predicted molar refractivity (Wildman–Crippen MR) is 53.3 cm³/mol. The first-order chi connectivity index (χ1) is 6.93. The second-order valence-electron chi connectivity index (χ2n) is 3.73. The second-order valence-corrected chi connectivity index (χ2v) is 3.73. The van der Waals surface area contributed by atoms with E-state index in [0.717, 1.165) is 0 Å². The molecule has 0 fully saturated rings. The Morgan fingerprint density at radius 2 is 2.07 bits per heavy atom. The van der Waals surface area contributed by atoms with Crippen molar-refractivity contribution in [2.24, 2.45) is 5.10 Å². The van der Waals surface area contributed by atoms with E-state index < -0.39 is 10.8 Å². The van der Waals surface area contributed by atoms with Crippen LogP contribution in [0.4, 0.5) is 11.4 Å². The number of nitro benzene ring substituents is 1. The number of fused-ring (bicyclic) bond motifs is 1. The molecule has 6 nitrogen and oxygen atoms in total. The number of hydrogen-bond acceptors (Lipinski definition) is 4. The fourth-order valence-corrected chi connectivity index (χ4v) is 1.76. The highest BCUT2D eigenvalue weighted by molar-refractivity contribution is 6.01. The number of benzene rings is 1. The third-order valence-corrected chi connectivity index (χ3v) is 2.33. The van der Waals surface area contributed by atoms with Crippen LogP contribution in [0.15, 0.2) is 23.3 Å². The van der Waals surface area contributed by atoms with Crippen LogP contribution in [0.1, 0.15) is 5.56 Å². The van der Waals surface area contributed by atoms with E-state index >= 15 is 0 Å². The van der Waals surface area contributed by atoms with Crippen molar-refractivity contribution in [2.75, 3.05) is 14.1 Å². The molecular formula is C9H9N3O3. The summed E-state index contributed by atoms with van der Waals surface area (Å²) in [6, 6.07) is 4.43. The molecule has 0 saturated carbocycles. The summed E-state index contributed by atoms with van der Waals surface area (Å²) in [5.41, 5.74) is 0.605. The van der Waals surface area contributed by atoms with Crippen molar-refractivity contribution in [2.45, 2.75) is 0 Å². The molecule has 0 saturated heterocycles. The summed E-state index contributed by atoms with van der Waals surface area (Å²) in [6.07, 6.45) is 0. The van der Waals surface area contributed by atoms with Crippen molar-refractivity contribution < 1.29 is 10.0 Å². The molecule has 1 aliphatic rings. The van der Waals surface area contributed by atoms with E-state index in [9.17, 15) is 15.2 Å². The summed E-state index contributed by atoms with van der Waals surface area (Å²) in [6.45, 7) is 0. The third-order valence-electron chi connectivity index (χ3n) is 2.33. The van der Waals surface area contributed by atoms with E-state index in [1.807, 2.05) is 0 Å². The molecule has 78 valence electrons. The van der Waals surface area contributed by atoms with Gasteiger partial charge in [-0.25, -0.2) is 0 Å². The van der Waals surface area contributed by atoms with Gasteiger partial charge in [-0.2, -0.15) is 4.59 Å². The molecule has 0 spiro atoms. The quantitative estimate of drug-likeness (QED) is 0.375. The number of para-hydroxylation sites is 1. The smallest absolute Gasteiger partial charge is 0.332 e. The Hall–Kier alpha value is -1.95. The average Bonchev–Trinajstić information content (AvgIpc) is 2.37. The molecule has 0 atom stereocenters. The molecule has 1 heterocycles. The lowest BCUT2D eigenvalue weighted by molar-refractivity contribution is -0.384. The number of nitrogens with zero attached hydrogens (tertiary/aromatic N) is 3. The van der Waals surface area contributed by atoms with Gasteiger partial charge in [-0.3, -0.25) is 10.1 Å². The largest absolute Gasteiger partial charge is 0.854 e. The summed E-state index contributed by atoms with van der Waals surface area (Å²) in [5, 5.41) is 26.1. The highest BCUT2D eigenvalue weighted by Gasteiger charge is 2.37. The Bertz CT molecular complexity index is 479. The molecule has 0 N–H and O–H groups in total. The van der Waals surface area contributed by atoms with E-state index in [0.29, 0.717) is 11.3 Å². The lowest BCUT2D eigenvalue weighted by Gasteiger charge is -2.17. The van der Waals surface area contributed by atoms with E-state index in [2.05, 4.69) is 5.10 Å². The fraction of sp³-hybridized carbons (Fsp3) is 0.222. The minimum Gasteiger partial charge on any atom is -0.854 e. The highest BCUT2D eigenvalue weighted by atomic mass is 16.6. The predicted octanol–water partition coefficient (Wildman–Crippen LogP) is 0.197. The highest BCUT2D eigenvalue weighted by Crippen LogP contribution is 2.38. The summed E-state index contributed by atoms with van der Waals surface area (Å²) in [4.78, 5) is 10.3. The topological polar surface area (TPSA) is 78.6 Å². The first-order valence-corrected chi connectivity index (χ1v) is 4.33. The van der Waals surface area contributed by atoms with Gasteiger partial charge in [0.15, 0.2) is 0 Å². The van der Waals surface area contributed by atoms with E-state index in [4.69, 9.17) is 0 Å². The summed E-state index contributed by atoms with van der Waals surface area (Å²) < 4.78 is -0.120. The normalized spacial score (nSPS) is 17.1. The molecule has 1 aliphatic heterocycles. The molecule has 15 heavy (non-hydrogen) atoms.